The fraction of sp³-hybridized carbons (Fsp3) is 0.200. The van der Waals surface area contributed by atoms with Crippen molar-refractivity contribution in [2.45, 2.75) is 26.0 Å². The molecule has 2 aromatic carbocycles. The molecular weight excluding hydrogens is 350 g/mol. The van der Waals surface area contributed by atoms with E-state index in [4.69, 9.17) is 21.3 Å². The molecule has 0 bridgehead atoms. The first kappa shape index (κ1) is 18.0. The molecule has 132 valence electrons. The van der Waals surface area contributed by atoms with Gasteiger partial charge in [-0.05, 0) is 31.5 Å². The van der Waals surface area contributed by atoms with E-state index in [1.165, 1.54) is 0 Å². The minimum Gasteiger partial charge on any atom is -0.438 e. The molecule has 3 rings (SSSR count). The predicted molar refractivity (Wildman–Crippen MR) is 101 cm³/mol. The largest absolute Gasteiger partial charge is 0.438 e. The third-order valence-corrected chi connectivity index (χ3v) is 4.64. The maximum absolute atomic E-state index is 10.2. The number of aliphatic hydroxyl groups is 1. The number of hydrogen-bond acceptors (Lipinski definition) is 5. The van der Waals surface area contributed by atoms with Crippen LogP contribution in [0.2, 0.25) is 5.02 Å². The monoisotopic (exact) mass is 367 g/mol. The molecule has 6 heteroatoms. The number of nitriles is 1. The van der Waals surface area contributed by atoms with E-state index < -0.39 is 12.1 Å². The van der Waals surface area contributed by atoms with E-state index in [1.807, 2.05) is 37.3 Å². The molecule has 1 unspecified atom stereocenters. The fourth-order valence-electron chi connectivity index (χ4n) is 2.65. The van der Waals surface area contributed by atoms with Crippen LogP contribution in [0.1, 0.15) is 30.0 Å². The van der Waals surface area contributed by atoms with Crippen LogP contribution in [0.3, 0.4) is 0 Å². The Morgan fingerprint density at radius 3 is 2.62 bits per heavy atom. The number of rotatable bonds is 5. The lowest BCUT2D eigenvalue weighted by atomic mass is 10.1. The number of anilines is 1. The van der Waals surface area contributed by atoms with Crippen LogP contribution in [0.4, 0.5) is 5.69 Å². The van der Waals surface area contributed by atoms with Crippen LogP contribution in [-0.2, 0) is 0 Å². The molecule has 2 atom stereocenters. The molecule has 0 amide bonds. The average Bonchev–Trinajstić information content (AvgIpc) is 3.13. The second-order valence-corrected chi connectivity index (χ2v) is 6.38. The van der Waals surface area contributed by atoms with Crippen molar-refractivity contribution in [1.29, 1.82) is 5.26 Å². The van der Waals surface area contributed by atoms with Crippen molar-refractivity contribution in [3.05, 3.63) is 70.7 Å². The quantitative estimate of drug-likeness (QED) is 0.682. The van der Waals surface area contributed by atoms with Crippen LogP contribution < -0.4 is 5.32 Å². The van der Waals surface area contributed by atoms with Crippen molar-refractivity contribution in [2.75, 3.05) is 5.32 Å². The molecule has 0 radical (unpaired) electrons. The second kappa shape index (κ2) is 7.61. The summed E-state index contributed by atoms with van der Waals surface area (Å²) in [6, 6.07) is 14.5. The van der Waals surface area contributed by atoms with E-state index in [-0.39, 0.29) is 0 Å². The molecule has 0 saturated carbocycles. The summed E-state index contributed by atoms with van der Waals surface area (Å²) in [6.45, 7) is 3.47. The normalized spacial score (nSPS) is 13.0. The highest BCUT2D eigenvalue weighted by atomic mass is 35.5. The van der Waals surface area contributed by atoms with E-state index in [2.05, 4.69) is 16.4 Å². The van der Waals surface area contributed by atoms with Gasteiger partial charge in [0.25, 0.3) is 0 Å². The van der Waals surface area contributed by atoms with Gasteiger partial charge in [-0.2, -0.15) is 5.26 Å². The van der Waals surface area contributed by atoms with Crippen LogP contribution >= 0.6 is 11.6 Å². The van der Waals surface area contributed by atoms with Crippen LogP contribution in [-0.4, -0.2) is 16.2 Å². The summed E-state index contributed by atoms with van der Waals surface area (Å²) >= 11 is 6.23. The maximum atomic E-state index is 10.2. The van der Waals surface area contributed by atoms with Crippen molar-refractivity contribution in [3.8, 4) is 17.4 Å². The molecule has 0 aliphatic carbocycles. The van der Waals surface area contributed by atoms with Crippen LogP contribution in [0, 0.1) is 18.3 Å². The Balaban J connectivity index is 1.91. The molecule has 0 saturated heterocycles. The molecule has 2 N–H and O–H groups in total. The summed E-state index contributed by atoms with van der Waals surface area (Å²) in [5.74, 6) is 1.00. The van der Waals surface area contributed by atoms with Crippen molar-refractivity contribution in [3.63, 3.8) is 0 Å². The Bertz CT molecular complexity index is 945. The van der Waals surface area contributed by atoms with E-state index in [0.29, 0.717) is 27.9 Å². The summed E-state index contributed by atoms with van der Waals surface area (Å²) in [6.07, 6.45) is 0.881. The minimum absolute atomic E-state index is 0.374. The summed E-state index contributed by atoms with van der Waals surface area (Å²) in [5, 5.41) is 22.9. The maximum Gasteiger partial charge on any atom is 0.220 e. The lowest BCUT2D eigenvalue weighted by molar-refractivity contribution is 0.160. The van der Waals surface area contributed by atoms with E-state index in [9.17, 15) is 5.11 Å². The molecule has 0 spiro atoms. The number of aliphatic hydroxyl groups excluding tert-OH is 1. The Morgan fingerprint density at radius 1 is 1.23 bits per heavy atom. The molecule has 26 heavy (non-hydrogen) atoms. The lowest BCUT2D eigenvalue weighted by Gasteiger charge is -2.21. The number of benzene rings is 2. The zero-order chi connectivity index (χ0) is 18.7. The molecule has 1 heterocycles. The van der Waals surface area contributed by atoms with Gasteiger partial charge < -0.3 is 14.8 Å². The molecule has 0 aliphatic heterocycles. The smallest absolute Gasteiger partial charge is 0.220 e. The number of oxazole rings is 1. The number of nitrogens with zero attached hydrogens (tertiary/aromatic N) is 2. The van der Waals surface area contributed by atoms with Crippen LogP contribution in [0.25, 0.3) is 11.3 Å². The van der Waals surface area contributed by atoms with Crippen LogP contribution in [0.5, 0.6) is 0 Å². The van der Waals surface area contributed by atoms with Gasteiger partial charge in [-0.1, -0.05) is 41.9 Å². The standard InChI is InChI=1S/C20H18ClN3O2/c1-12-16(9-8-15(10-22)18(12)21)24-19(13(2)25)20-23-11-17(26-20)14-6-4-3-5-7-14/h3-9,11,13,19,24-25H,1-2H3/t13-,19?/m0/s1. The van der Waals surface area contributed by atoms with Gasteiger partial charge in [-0.3, -0.25) is 0 Å². The Morgan fingerprint density at radius 2 is 1.96 bits per heavy atom. The second-order valence-electron chi connectivity index (χ2n) is 6.00. The third-order valence-electron chi connectivity index (χ3n) is 4.15. The molecule has 0 fully saturated rings. The van der Waals surface area contributed by atoms with Gasteiger partial charge in [0, 0.05) is 11.3 Å². The highest BCUT2D eigenvalue weighted by Gasteiger charge is 2.24. The number of nitrogens with one attached hydrogen (secondary N) is 1. The van der Waals surface area contributed by atoms with E-state index >= 15 is 0 Å². The minimum atomic E-state index is -0.758. The Kier molecular flexibility index (Phi) is 5.27. The molecule has 1 aromatic heterocycles. The van der Waals surface area contributed by atoms with E-state index in [1.54, 1.807) is 25.3 Å². The molecule has 3 aromatic rings. The van der Waals surface area contributed by atoms with Gasteiger partial charge in [0.15, 0.2) is 5.76 Å². The highest BCUT2D eigenvalue weighted by molar-refractivity contribution is 6.32. The first-order valence-corrected chi connectivity index (χ1v) is 8.54. The zero-order valence-corrected chi connectivity index (χ0v) is 15.2. The molecular formula is C20H18ClN3O2. The summed E-state index contributed by atoms with van der Waals surface area (Å²) in [7, 11) is 0. The number of hydrogen-bond donors (Lipinski definition) is 2. The first-order valence-electron chi connectivity index (χ1n) is 8.16. The summed E-state index contributed by atoms with van der Waals surface area (Å²) in [5.41, 5.74) is 2.75. The molecule has 5 nitrogen and oxygen atoms in total. The lowest BCUT2D eigenvalue weighted by Crippen LogP contribution is -2.23. The summed E-state index contributed by atoms with van der Waals surface area (Å²) < 4.78 is 5.86. The van der Waals surface area contributed by atoms with Crippen molar-refractivity contribution in [1.82, 2.24) is 4.98 Å². The fourth-order valence-corrected chi connectivity index (χ4v) is 2.86. The third kappa shape index (κ3) is 3.57. The average molecular weight is 368 g/mol. The Labute approximate surface area is 156 Å². The van der Waals surface area contributed by atoms with Crippen molar-refractivity contribution < 1.29 is 9.52 Å². The van der Waals surface area contributed by atoms with Gasteiger partial charge in [0.2, 0.25) is 5.89 Å². The van der Waals surface area contributed by atoms with Gasteiger partial charge in [-0.15, -0.1) is 0 Å². The highest BCUT2D eigenvalue weighted by Crippen LogP contribution is 2.32. The van der Waals surface area contributed by atoms with Gasteiger partial charge in [-0.25, -0.2) is 4.98 Å². The first-order chi connectivity index (χ1) is 12.5. The van der Waals surface area contributed by atoms with Gasteiger partial charge >= 0.3 is 0 Å². The number of aromatic nitrogens is 1. The topological polar surface area (TPSA) is 82.1 Å². The van der Waals surface area contributed by atoms with Crippen LogP contribution in [0.15, 0.2) is 53.1 Å². The van der Waals surface area contributed by atoms with Gasteiger partial charge in [0.05, 0.1) is 22.9 Å². The number of halogens is 1. The molecule has 0 aliphatic rings. The SMILES string of the molecule is Cc1c(NC(c2ncc(-c3ccccc3)o2)[C@H](C)O)ccc(C#N)c1Cl. The van der Waals surface area contributed by atoms with Crippen molar-refractivity contribution in [2.24, 2.45) is 0 Å². The van der Waals surface area contributed by atoms with Crippen molar-refractivity contribution >= 4 is 17.3 Å². The zero-order valence-electron chi connectivity index (χ0n) is 14.4. The Hall–Kier alpha value is -2.81. The summed E-state index contributed by atoms with van der Waals surface area (Å²) in [4.78, 5) is 4.32. The van der Waals surface area contributed by atoms with E-state index in [0.717, 1.165) is 11.1 Å². The predicted octanol–water partition coefficient (Wildman–Crippen LogP) is 4.71. The van der Waals surface area contributed by atoms with Gasteiger partial charge in [0.1, 0.15) is 12.1 Å².